The third-order valence-electron chi connectivity index (χ3n) is 2.53. The van der Waals surface area contributed by atoms with Gasteiger partial charge in [0.25, 0.3) is 5.91 Å². The van der Waals surface area contributed by atoms with Crippen molar-refractivity contribution in [2.75, 3.05) is 33.7 Å². The molecule has 20 heavy (non-hydrogen) atoms. The molecule has 0 aliphatic rings. The Morgan fingerprint density at radius 1 is 1.10 bits per heavy atom. The number of hydrogen-bond acceptors (Lipinski definition) is 3. The molecule has 0 aromatic heterocycles. The van der Waals surface area contributed by atoms with Gasteiger partial charge in [-0.15, -0.1) is 0 Å². The molecule has 110 valence electrons. The number of nitrogens with zero attached hydrogens (tertiary/aromatic N) is 1. The molecule has 0 aliphatic heterocycles. The van der Waals surface area contributed by atoms with Crippen LogP contribution in [0.15, 0.2) is 24.3 Å². The van der Waals surface area contributed by atoms with Crippen LogP contribution in [0.2, 0.25) is 0 Å². The maximum absolute atomic E-state index is 12.7. The fraction of sp³-hybridized carbons (Fsp3) is 0.429. The fourth-order valence-electron chi connectivity index (χ4n) is 1.56. The zero-order valence-electron chi connectivity index (χ0n) is 11.8. The van der Waals surface area contributed by atoms with E-state index in [9.17, 15) is 14.0 Å². The second-order valence-electron chi connectivity index (χ2n) is 4.70. The molecule has 5 nitrogen and oxygen atoms in total. The molecule has 0 aliphatic carbocycles. The highest BCUT2D eigenvalue weighted by atomic mass is 19.1. The summed E-state index contributed by atoms with van der Waals surface area (Å²) in [6.45, 7) is 1.32. The van der Waals surface area contributed by atoms with Crippen LogP contribution in [0.3, 0.4) is 0 Å². The molecule has 0 heterocycles. The predicted molar refractivity (Wildman–Crippen MR) is 74.9 cm³/mol. The number of hydrogen-bond donors (Lipinski definition) is 2. The van der Waals surface area contributed by atoms with Crippen molar-refractivity contribution in [3.05, 3.63) is 35.6 Å². The quantitative estimate of drug-likeness (QED) is 0.720. The average Bonchev–Trinajstić information content (AvgIpc) is 2.38. The van der Waals surface area contributed by atoms with Crippen LogP contribution in [0.5, 0.6) is 0 Å². The van der Waals surface area contributed by atoms with E-state index in [1.165, 1.54) is 24.3 Å². The van der Waals surface area contributed by atoms with Crippen LogP contribution in [0.25, 0.3) is 0 Å². The molecule has 2 amide bonds. The molecule has 0 radical (unpaired) electrons. The minimum absolute atomic E-state index is 0.0418. The number of likely N-dealkylation sites (N-methyl/N-ethyl adjacent to an activating group) is 1. The van der Waals surface area contributed by atoms with E-state index in [1.54, 1.807) is 4.90 Å². The molecule has 2 N–H and O–H groups in total. The van der Waals surface area contributed by atoms with E-state index in [2.05, 4.69) is 10.6 Å². The van der Waals surface area contributed by atoms with Gasteiger partial charge >= 0.3 is 0 Å². The second-order valence-corrected chi connectivity index (χ2v) is 4.70. The van der Waals surface area contributed by atoms with Crippen LogP contribution in [0, 0.1) is 5.82 Å². The van der Waals surface area contributed by atoms with Crippen molar-refractivity contribution >= 4 is 11.8 Å². The second kappa shape index (κ2) is 8.27. The Balaban J connectivity index is 2.16. The Hall–Kier alpha value is -1.95. The molecule has 0 atom stereocenters. The van der Waals surface area contributed by atoms with Gasteiger partial charge in [0.05, 0.1) is 6.54 Å². The van der Waals surface area contributed by atoms with Crippen LogP contribution < -0.4 is 10.6 Å². The largest absolute Gasteiger partial charge is 0.355 e. The summed E-state index contributed by atoms with van der Waals surface area (Å²) < 4.78 is 12.7. The smallest absolute Gasteiger partial charge is 0.251 e. The number of nitrogens with one attached hydrogen (secondary N) is 2. The lowest BCUT2D eigenvalue weighted by atomic mass is 10.2. The van der Waals surface area contributed by atoms with Gasteiger partial charge < -0.3 is 15.5 Å². The number of benzene rings is 1. The number of carbonyl (C=O) groups is 2. The van der Waals surface area contributed by atoms with Gasteiger partial charge in [0, 0.05) is 18.7 Å². The molecule has 1 aromatic carbocycles. The molecule has 1 aromatic rings. The topological polar surface area (TPSA) is 61.4 Å². The van der Waals surface area contributed by atoms with Gasteiger partial charge in [-0.2, -0.15) is 0 Å². The van der Waals surface area contributed by atoms with Crippen molar-refractivity contribution in [1.82, 2.24) is 15.5 Å². The standard InChI is InChI=1S/C14H20FN3O2/c1-18(2)10-13(19)16-8-3-9-17-14(20)11-4-6-12(15)7-5-11/h4-7H,3,8-10H2,1-2H3,(H,16,19)(H,17,20). The predicted octanol–water partition coefficient (Wildman–Crippen LogP) is 0.623. The molecule has 0 saturated heterocycles. The summed E-state index contributed by atoms with van der Waals surface area (Å²) in [5, 5.41) is 5.46. The third-order valence-corrected chi connectivity index (χ3v) is 2.53. The van der Waals surface area contributed by atoms with Crippen LogP contribution in [-0.2, 0) is 4.79 Å². The number of carbonyl (C=O) groups excluding carboxylic acids is 2. The van der Waals surface area contributed by atoms with E-state index >= 15 is 0 Å². The van der Waals surface area contributed by atoms with Crippen molar-refractivity contribution in [2.24, 2.45) is 0 Å². The first-order valence-corrected chi connectivity index (χ1v) is 6.44. The molecular weight excluding hydrogens is 261 g/mol. The number of amides is 2. The minimum Gasteiger partial charge on any atom is -0.355 e. The molecule has 0 bridgehead atoms. The average molecular weight is 281 g/mol. The van der Waals surface area contributed by atoms with Gasteiger partial charge in [-0.05, 0) is 44.8 Å². The number of halogens is 1. The van der Waals surface area contributed by atoms with Gasteiger partial charge in [-0.3, -0.25) is 9.59 Å². The molecule has 1 rings (SSSR count). The molecule has 6 heteroatoms. The zero-order valence-corrected chi connectivity index (χ0v) is 11.8. The van der Waals surface area contributed by atoms with E-state index < -0.39 is 0 Å². The lowest BCUT2D eigenvalue weighted by Crippen LogP contribution is -2.35. The van der Waals surface area contributed by atoms with Crippen LogP contribution in [-0.4, -0.2) is 50.4 Å². The van der Waals surface area contributed by atoms with Crippen molar-refractivity contribution in [3.63, 3.8) is 0 Å². The summed E-state index contributed by atoms with van der Waals surface area (Å²) in [5.41, 5.74) is 0.419. The van der Waals surface area contributed by atoms with Crippen molar-refractivity contribution in [3.8, 4) is 0 Å². The van der Waals surface area contributed by atoms with E-state index in [0.717, 1.165) is 0 Å². The summed E-state index contributed by atoms with van der Waals surface area (Å²) in [4.78, 5) is 24.8. The molecule has 0 saturated carbocycles. The Morgan fingerprint density at radius 3 is 2.30 bits per heavy atom. The van der Waals surface area contributed by atoms with Gasteiger partial charge in [-0.25, -0.2) is 4.39 Å². The summed E-state index contributed by atoms with van der Waals surface area (Å²) in [6, 6.07) is 5.36. The van der Waals surface area contributed by atoms with Crippen LogP contribution in [0.1, 0.15) is 16.8 Å². The van der Waals surface area contributed by atoms with E-state index in [4.69, 9.17) is 0 Å². The maximum Gasteiger partial charge on any atom is 0.251 e. The highest BCUT2D eigenvalue weighted by Crippen LogP contribution is 2.02. The number of rotatable bonds is 7. The first kappa shape index (κ1) is 16.1. The molecule has 0 fully saturated rings. The third kappa shape index (κ3) is 6.29. The SMILES string of the molecule is CN(C)CC(=O)NCCCNC(=O)c1ccc(F)cc1. The van der Waals surface area contributed by atoms with Gasteiger partial charge in [0.2, 0.25) is 5.91 Å². The van der Waals surface area contributed by atoms with E-state index in [1.807, 2.05) is 14.1 Å². The zero-order chi connectivity index (χ0) is 15.0. The van der Waals surface area contributed by atoms with E-state index in [-0.39, 0.29) is 17.6 Å². The Bertz CT molecular complexity index is 446. The molecular formula is C14H20FN3O2. The summed E-state index contributed by atoms with van der Waals surface area (Å²) in [6.07, 6.45) is 0.645. The van der Waals surface area contributed by atoms with Crippen molar-refractivity contribution < 1.29 is 14.0 Å². The van der Waals surface area contributed by atoms with Gasteiger partial charge in [-0.1, -0.05) is 0 Å². The molecule has 0 spiro atoms. The monoisotopic (exact) mass is 281 g/mol. The van der Waals surface area contributed by atoms with Crippen molar-refractivity contribution in [2.45, 2.75) is 6.42 Å². The summed E-state index contributed by atoms with van der Waals surface area (Å²) in [7, 11) is 3.64. The lowest BCUT2D eigenvalue weighted by molar-refractivity contribution is -0.121. The Kier molecular flexibility index (Phi) is 6.66. The summed E-state index contributed by atoms with van der Waals surface area (Å²) >= 11 is 0. The van der Waals surface area contributed by atoms with Crippen LogP contribution in [0.4, 0.5) is 4.39 Å². The van der Waals surface area contributed by atoms with Gasteiger partial charge in [0.1, 0.15) is 5.82 Å². The van der Waals surface area contributed by atoms with Crippen molar-refractivity contribution in [1.29, 1.82) is 0 Å². The highest BCUT2D eigenvalue weighted by molar-refractivity contribution is 5.94. The van der Waals surface area contributed by atoms with E-state index in [0.29, 0.717) is 31.6 Å². The fourth-order valence-corrected chi connectivity index (χ4v) is 1.56. The highest BCUT2D eigenvalue weighted by Gasteiger charge is 2.05. The lowest BCUT2D eigenvalue weighted by Gasteiger charge is -2.10. The van der Waals surface area contributed by atoms with Gasteiger partial charge in [0.15, 0.2) is 0 Å². The minimum atomic E-state index is -0.370. The summed E-state index contributed by atoms with van der Waals surface area (Å²) in [5.74, 6) is -0.658. The maximum atomic E-state index is 12.7. The molecule has 0 unspecified atom stereocenters. The first-order valence-electron chi connectivity index (χ1n) is 6.44. The first-order chi connectivity index (χ1) is 9.49. The Morgan fingerprint density at radius 2 is 1.70 bits per heavy atom. The van der Waals surface area contributed by atoms with Crippen LogP contribution >= 0.6 is 0 Å². The Labute approximate surface area is 118 Å². The normalized spacial score (nSPS) is 10.4.